The number of thioether (sulfide) groups is 1. The standard InChI is InChI=1S/C12H22N2S/c1-9-6-4-5-7-10(9)13-11-14-12(2,3)8-15-11/h9-10H,4-8H2,1-3H3,(H,13,14)/t9-,10-/m1/s1. The molecule has 1 aliphatic heterocycles. The highest BCUT2D eigenvalue weighted by Crippen LogP contribution is 2.29. The van der Waals surface area contributed by atoms with Crippen LogP contribution in [0.25, 0.3) is 0 Å². The largest absolute Gasteiger partial charge is 0.359 e. The summed E-state index contributed by atoms with van der Waals surface area (Å²) in [5.41, 5.74) is 0.238. The quantitative estimate of drug-likeness (QED) is 0.743. The van der Waals surface area contributed by atoms with E-state index in [1.54, 1.807) is 0 Å². The summed E-state index contributed by atoms with van der Waals surface area (Å²) in [6.07, 6.45) is 5.40. The Morgan fingerprint density at radius 1 is 1.33 bits per heavy atom. The van der Waals surface area contributed by atoms with Gasteiger partial charge in [0, 0.05) is 11.3 Å². The van der Waals surface area contributed by atoms with Crippen LogP contribution in [0.4, 0.5) is 0 Å². The van der Waals surface area contributed by atoms with Crippen molar-refractivity contribution in [3.63, 3.8) is 0 Å². The summed E-state index contributed by atoms with van der Waals surface area (Å²) in [5, 5.41) is 4.69. The zero-order chi connectivity index (χ0) is 10.9. The third-order valence-electron chi connectivity index (χ3n) is 3.36. The van der Waals surface area contributed by atoms with E-state index in [0.29, 0.717) is 6.04 Å². The zero-order valence-electron chi connectivity index (χ0n) is 10.0. The summed E-state index contributed by atoms with van der Waals surface area (Å²) < 4.78 is 0. The fourth-order valence-electron chi connectivity index (χ4n) is 2.32. The number of nitrogens with zero attached hydrogens (tertiary/aromatic N) is 1. The second-order valence-corrected chi connectivity index (χ2v) is 6.52. The van der Waals surface area contributed by atoms with Gasteiger partial charge in [0.15, 0.2) is 5.17 Å². The van der Waals surface area contributed by atoms with Gasteiger partial charge in [-0.25, -0.2) is 0 Å². The maximum atomic E-state index is 4.88. The molecule has 0 spiro atoms. The molecule has 2 nitrogen and oxygen atoms in total. The third kappa shape index (κ3) is 2.90. The summed E-state index contributed by atoms with van der Waals surface area (Å²) in [6, 6.07) is 0.572. The van der Waals surface area contributed by atoms with E-state index in [0.717, 1.165) is 11.7 Å². The Bertz CT molecular complexity index is 260. The van der Waals surface area contributed by atoms with Crippen LogP contribution in [0.15, 0.2) is 4.99 Å². The molecule has 2 aliphatic rings. The van der Waals surface area contributed by atoms with Crippen LogP contribution in [0, 0.1) is 5.92 Å². The Kier molecular flexibility index (Phi) is 3.29. The van der Waals surface area contributed by atoms with Gasteiger partial charge in [0.25, 0.3) is 0 Å². The van der Waals surface area contributed by atoms with Gasteiger partial charge in [-0.15, -0.1) is 0 Å². The van der Waals surface area contributed by atoms with E-state index in [1.807, 2.05) is 11.8 Å². The monoisotopic (exact) mass is 226 g/mol. The molecule has 0 unspecified atom stereocenters. The predicted molar refractivity (Wildman–Crippen MR) is 68.5 cm³/mol. The van der Waals surface area contributed by atoms with Crippen LogP contribution in [0.3, 0.4) is 0 Å². The Balaban J connectivity index is 1.97. The van der Waals surface area contributed by atoms with E-state index in [4.69, 9.17) is 4.99 Å². The molecule has 3 heteroatoms. The minimum absolute atomic E-state index is 0.238. The van der Waals surface area contributed by atoms with Crippen molar-refractivity contribution in [1.82, 2.24) is 5.32 Å². The summed E-state index contributed by atoms with van der Waals surface area (Å²) in [5.74, 6) is 1.92. The fraction of sp³-hybridized carbons (Fsp3) is 0.917. The molecule has 1 heterocycles. The van der Waals surface area contributed by atoms with Crippen molar-refractivity contribution in [2.24, 2.45) is 10.9 Å². The molecule has 0 radical (unpaired) electrons. The van der Waals surface area contributed by atoms with E-state index in [1.165, 1.54) is 30.9 Å². The molecule has 86 valence electrons. The van der Waals surface area contributed by atoms with E-state index in [9.17, 15) is 0 Å². The molecule has 0 bridgehead atoms. The summed E-state index contributed by atoms with van der Waals surface area (Å²) in [7, 11) is 0. The molecular weight excluding hydrogens is 204 g/mol. The highest BCUT2D eigenvalue weighted by molar-refractivity contribution is 8.14. The first-order valence-electron chi connectivity index (χ1n) is 6.06. The second kappa shape index (κ2) is 4.36. The second-order valence-electron chi connectivity index (χ2n) is 5.56. The van der Waals surface area contributed by atoms with Gasteiger partial charge in [0.1, 0.15) is 0 Å². The number of nitrogens with one attached hydrogen (secondary N) is 1. The number of aliphatic imine (C=N–C) groups is 1. The summed E-state index contributed by atoms with van der Waals surface area (Å²) in [4.78, 5) is 4.88. The van der Waals surface area contributed by atoms with Gasteiger partial charge in [-0.05, 0) is 32.6 Å². The molecule has 0 amide bonds. The van der Waals surface area contributed by atoms with Crippen molar-refractivity contribution >= 4 is 16.9 Å². The lowest BCUT2D eigenvalue weighted by molar-refractivity contribution is 0.332. The number of rotatable bonds is 1. The average molecular weight is 226 g/mol. The van der Waals surface area contributed by atoms with Crippen LogP contribution in [0.5, 0.6) is 0 Å². The van der Waals surface area contributed by atoms with Gasteiger partial charge < -0.3 is 5.32 Å². The molecule has 2 atom stereocenters. The minimum Gasteiger partial charge on any atom is -0.359 e. The Hall–Kier alpha value is -0.180. The Labute approximate surface area is 97.3 Å². The minimum atomic E-state index is 0.238. The lowest BCUT2D eigenvalue weighted by Crippen LogP contribution is -2.37. The van der Waals surface area contributed by atoms with E-state index >= 15 is 0 Å². The van der Waals surface area contributed by atoms with E-state index in [2.05, 4.69) is 26.1 Å². The highest BCUT2D eigenvalue weighted by atomic mass is 32.2. The molecule has 2 fully saturated rings. The van der Waals surface area contributed by atoms with Crippen molar-refractivity contribution in [3.05, 3.63) is 0 Å². The Morgan fingerprint density at radius 2 is 2.07 bits per heavy atom. The zero-order valence-corrected chi connectivity index (χ0v) is 10.9. The molecular formula is C12H22N2S. The van der Waals surface area contributed by atoms with Crippen LogP contribution < -0.4 is 5.32 Å². The van der Waals surface area contributed by atoms with Crippen LogP contribution in [-0.2, 0) is 0 Å². The third-order valence-corrected chi connectivity index (χ3v) is 4.71. The van der Waals surface area contributed by atoms with Gasteiger partial charge in [0.2, 0.25) is 0 Å². The van der Waals surface area contributed by atoms with Gasteiger partial charge in [-0.3, -0.25) is 4.99 Å². The summed E-state index contributed by atoms with van der Waals surface area (Å²) >= 11 is 1.88. The molecule has 0 aromatic carbocycles. The highest BCUT2D eigenvalue weighted by Gasteiger charge is 2.29. The van der Waals surface area contributed by atoms with E-state index < -0.39 is 0 Å². The first-order valence-corrected chi connectivity index (χ1v) is 7.04. The van der Waals surface area contributed by atoms with Crippen molar-refractivity contribution in [2.45, 2.75) is 58.0 Å². The molecule has 0 aromatic rings. The van der Waals surface area contributed by atoms with Crippen molar-refractivity contribution in [3.8, 4) is 0 Å². The maximum Gasteiger partial charge on any atom is 0.157 e. The van der Waals surface area contributed by atoms with Gasteiger partial charge in [-0.2, -0.15) is 0 Å². The van der Waals surface area contributed by atoms with Crippen molar-refractivity contribution in [2.75, 3.05) is 5.75 Å². The molecule has 1 aliphatic carbocycles. The molecule has 1 N–H and O–H groups in total. The predicted octanol–water partition coefficient (Wildman–Crippen LogP) is 3.04. The first-order chi connectivity index (χ1) is 7.07. The SMILES string of the molecule is C[C@@H]1CCCC[C@H]1N=C1NC(C)(C)CS1. The topological polar surface area (TPSA) is 24.4 Å². The molecule has 0 aromatic heterocycles. The van der Waals surface area contributed by atoms with E-state index in [-0.39, 0.29) is 5.54 Å². The smallest absolute Gasteiger partial charge is 0.157 e. The molecule has 15 heavy (non-hydrogen) atoms. The van der Waals surface area contributed by atoms with Gasteiger partial charge in [0.05, 0.1) is 6.04 Å². The first kappa shape index (κ1) is 11.3. The van der Waals surface area contributed by atoms with Crippen molar-refractivity contribution in [1.29, 1.82) is 0 Å². The lowest BCUT2D eigenvalue weighted by Gasteiger charge is -2.26. The molecule has 1 saturated heterocycles. The maximum absolute atomic E-state index is 4.88. The molecule has 1 saturated carbocycles. The number of amidine groups is 1. The number of hydrogen-bond donors (Lipinski definition) is 1. The number of hydrogen-bond acceptors (Lipinski definition) is 2. The molecule has 2 rings (SSSR count). The van der Waals surface area contributed by atoms with Crippen LogP contribution in [-0.4, -0.2) is 22.5 Å². The Morgan fingerprint density at radius 3 is 2.67 bits per heavy atom. The van der Waals surface area contributed by atoms with Crippen LogP contribution in [0.2, 0.25) is 0 Å². The van der Waals surface area contributed by atoms with Gasteiger partial charge >= 0.3 is 0 Å². The van der Waals surface area contributed by atoms with Gasteiger partial charge in [-0.1, -0.05) is 31.5 Å². The lowest BCUT2D eigenvalue weighted by atomic mass is 9.86. The average Bonchev–Trinajstić information content (AvgIpc) is 2.50. The van der Waals surface area contributed by atoms with Crippen molar-refractivity contribution < 1.29 is 0 Å². The normalized spacial score (nSPS) is 37.9. The summed E-state index contributed by atoms with van der Waals surface area (Å²) in [6.45, 7) is 6.83. The fourth-order valence-corrected chi connectivity index (χ4v) is 3.45. The van der Waals surface area contributed by atoms with Crippen LogP contribution in [0.1, 0.15) is 46.5 Å². The van der Waals surface area contributed by atoms with Crippen LogP contribution >= 0.6 is 11.8 Å².